The molecule has 0 radical (unpaired) electrons. The molecule has 5 rings (SSSR count). The molecule has 0 aliphatic carbocycles. The fourth-order valence-electron chi connectivity index (χ4n) is 5.52. The van der Waals surface area contributed by atoms with Gasteiger partial charge < -0.3 is 53.6 Å². The summed E-state index contributed by atoms with van der Waals surface area (Å²) in [6.45, 7) is 0.453. The van der Waals surface area contributed by atoms with Crippen LogP contribution in [0.4, 0.5) is 0 Å². The van der Waals surface area contributed by atoms with Crippen LogP contribution >= 0.6 is 0 Å². The summed E-state index contributed by atoms with van der Waals surface area (Å²) in [5, 5.41) is 40.1. The molecule has 0 spiro atoms. The van der Waals surface area contributed by atoms with E-state index in [1.807, 2.05) is 24.3 Å². The van der Waals surface area contributed by atoms with Crippen LogP contribution in [0.1, 0.15) is 23.3 Å². The maximum absolute atomic E-state index is 10.4. The van der Waals surface area contributed by atoms with Crippen molar-refractivity contribution in [1.29, 1.82) is 0 Å². The van der Waals surface area contributed by atoms with Crippen molar-refractivity contribution in [1.82, 2.24) is 0 Å². The quantitative estimate of drug-likeness (QED) is 0.384. The van der Waals surface area contributed by atoms with Crippen molar-refractivity contribution >= 4 is 0 Å². The predicted molar refractivity (Wildman–Crippen MR) is 131 cm³/mol. The Labute approximate surface area is 220 Å². The zero-order chi connectivity index (χ0) is 27.0. The Hall–Kier alpha value is -2.64. The fraction of sp³-hybridized carbons (Fsp3) is 0.556. The molecule has 4 N–H and O–H groups in total. The minimum Gasteiger partial charge on any atom is -0.493 e. The molecule has 2 aromatic carbocycles. The van der Waals surface area contributed by atoms with Gasteiger partial charge in [0.05, 0.1) is 53.4 Å². The van der Waals surface area contributed by atoms with Gasteiger partial charge in [-0.1, -0.05) is 12.1 Å². The van der Waals surface area contributed by atoms with Crippen LogP contribution in [0, 0.1) is 11.8 Å². The highest BCUT2D eigenvalue weighted by Crippen LogP contribution is 2.51. The molecule has 3 fully saturated rings. The molecular formula is C27H34O11. The molecule has 3 saturated heterocycles. The Morgan fingerprint density at radius 3 is 1.76 bits per heavy atom. The van der Waals surface area contributed by atoms with Crippen molar-refractivity contribution in [3.05, 3.63) is 47.5 Å². The van der Waals surface area contributed by atoms with Gasteiger partial charge in [-0.15, -0.1) is 0 Å². The molecule has 38 heavy (non-hydrogen) atoms. The molecule has 0 saturated carbocycles. The second kappa shape index (κ2) is 11.2. The summed E-state index contributed by atoms with van der Waals surface area (Å²) in [5.41, 5.74) is 1.82. The van der Waals surface area contributed by atoms with Crippen LogP contribution in [-0.2, 0) is 14.2 Å². The Morgan fingerprint density at radius 1 is 0.711 bits per heavy atom. The molecular weight excluding hydrogens is 500 g/mol. The smallest absolute Gasteiger partial charge is 0.229 e. The van der Waals surface area contributed by atoms with E-state index in [1.54, 1.807) is 26.4 Å². The highest BCUT2D eigenvalue weighted by Gasteiger charge is 2.49. The van der Waals surface area contributed by atoms with Gasteiger partial charge in [-0.05, 0) is 35.4 Å². The second-order valence-corrected chi connectivity index (χ2v) is 9.68. The highest BCUT2D eigenvalue weighted by molar-refractivity contribution is 5.45. The third-order valence-corrected chi connectivity index (χ3v) is 7.61. The number of aliphatic hydroxyl groups excluding tert-OH is 4. The molecule has 3 heterocycles. The van der Waals surface area contributed by atoms with E-state index in [0.29, 0.717) is 30.5 Å². The number of ether oxygens (including phenoxy) is 7. The minimum atomic E-state index is -1.55. The molecule has 3 aliphatic rings. The molecule has 11 nitrogen and oxygen atoms in total. The lowest BCUT2D eigenvalue weighted by Gasteiger charge is -2.39. The van der Waals surface area contributed by atoms with Gasteiger partial charge in [-0.3, -0.25) is 0 Å². The topological polar surface area (TPSA) is 146 Å². The lowest BCUT2D eigenvalue weighted by molar-refractivity contribution is -0.277. The SMILES string of the molecule is COc1ccc([C@H]2OC[C@H]3[C@@H]2CO[C@@H]3c2ccc(OC)c(O[C@@H]3O[C@H](CO)[C@H](O)[C@H](O)[C@H]3O)c2)cc1OC. The zero-order valence-electron chi connectivity index (χ0n) is 21.4. The number of fused-ring (bicyclic) bond motifs is 1. The maximum atomic E-state index is 10.4. The summed E-state index contributed by atoms with van der Waals surface area (Å²) in [4.78, 5) is 0. The van der Waals surface area contributed by atoms with Crippen LogP contribution in [0.2, 0.25) is 0 Å². The summed E-state index contributed by atoms with van der Waals surface area (Å²) in [6, 6.07) is 11.1. The molecule has 0 unspecified atom stereocenters. The second-order valence-electron chi connectivity index (χ2n) is 9.68. The van der Waals surface area contributed by atoms with Gasteiger partial charge in [-0.2, -0.15) is 0 Å². The minimum absolute atomic E-state index is 0.0848. The van der Waals surface area contributed by atoms with Gasteiger partial charge in [0.2, 0.25) is 6.29 Å². The van der Waals surface area contributed by atoms with E-state index in [1.165, 1.54) is 7.11 Å². The Bertz CT molecular complexity index is 1110. The van der Waals surface area contributed by atoms with Crippen LogP contribution in [0.5, 0.6) is 23.0 Å². The Balaban J connectivity index is 1.35. The van der Waals surface area contributed by atoms with E-state index >= 15 is 0 Å². The number of rotatable bonds is 8. The number of methoxy groups -OCH3 is 3. The summed E-state index contributed by atoms with van der Waals surface area (Å²) in [6.07, 6.45) is -7.43. The third-order valence-electron chi connectivity index (χ3n) is 7.61. The van der Waals surface area contributed by atoms with Gasteiger partial charge in [0, 0.05) is 11.8 Å². The van der Waals surface area contributed by atoms with Crippen molar-refractivity contribution in [2.45, 2.75) is 42.9 Å². The largest absolute Gasteiger partial charge is 0.493 e. The van der Waals surface area contributed by atoms with Crippen LogP contribution < -0.4 is 18.9 Å². The van der Waals surface area contributed by atoms with E-state index in [0.717, 1.165) is 11.1 Å². The van der Waals surface area contributed by atoms with Gasteiger partial charge in [0.15, 0.2) is 23.0 Å². The Morgan fingerprint density at radius 2 is 1.24 bits per heavy atom. The van der Waals surface area contributed by atoms with Gasteiger partial charge in [0.25, 0.3) is 0 Å². The molecule has 0 bridgehead atoms. The number of hydrogen-bond acceptors (Lipinski definition) is 11. The van der Waals surface area contributed by atoms with Crippen molar-refractivity contribution in [3.63, 3.8) is 0 Å². The average molecular weight is 535 g/mol. The first-order valence-electron chi connectivity index (χ1n) is 12.5. The number of hydrogen-bond donors (Lipinski definition) is 4. The molecule has 2 aromatic rings. The van der Waals surface area contributed by atoms with Gasteiger partial charge in [0.1, 0.15) is 24.4 Å². The zero-order valence-corrected chi connectivity index (χ0v) is 21.4. The highest BCUT2D eigenvalue weighted by atomic mass is 16.7. The standard InChI is InChI=1S/C27H34O11/c1-32-17-6-4-13(8-19(17)34-3)25-15-11-36-26(16(15)12-35-25)14-5-7-18(33-2)20(9-14)37-27-24(31)23(30)22(29)21(10-28)38-27/h4-9,15-16,21-31H,10-12H2,1-3H3/t15-,16-,21+,22-,23-,24+,25+,26+,27+/m0/s1. The van der Waals surface area contributed by atoms with Gasteiger partial charge >= 0.3 is 0 Å². The molecule has 0 amide bonds. The van der Waals surface area contributed by atoms with Crippen molar-refractivity contribution in [3.8, 4) is 23.0 Å². The van der Waals surface area contributed by atoms with Crippen LogP contribution in [0.25, 0.3) is 0 Å². The first kappa shape index (κ1) is 26.9. The molecule has 3 aliphatic heterocycles. The number of benzene rings is 2. The summed E-state index contributed by atoms with van der Waals surface area (Å²) < 4.78 is 40.1. The summed E-state index contributed by atoms with van der Waals surface area (Å²) in [7, 11) is 4.68. The first-order valence-corrected chi connectivity index (χ1v) is 12.5. The monoisotopic (exact) mass is 534 g/mol. The fourth-order valence-corrected chi connectivity index (χ4v) is 5.52. The van der Waals surface area contributed by atoms with E-state index < -0.39 is 37.3 Å². The average Bonchev–Trinajstić information content (AvgIpc) is 3.55. The lowest BCUT2D eigenvalue weighted by Crippen LogP contribution is -2.60. The maximum Gasteiger partial charge on any atom is 0.229 e. The van der Waals surface area contributed by atoms with Crippen LogP contribution in [0.3, 0.4) is 0 Å². The first-order chi connectivity index (χ1) is 18.4. The van der Waals surface area contributed by atoms with E-state index in [2.05, 4.69) is 0 Å². The van der Waals surface area contributed by atoms with Crippen LogP contribution in [0.15, 0.2) is 36.4 Å². The van der Waals surface area contributed by atoms with E-state index in [9.17, 15) is 20.4 Å². The number of aliphatic hydroxyl groups is 4. The molecule has 208 valence electrons. The summed E-state index contributed by atoms with van der Waals surface area (Å²) in [5.74, 6) is 2.13. The van der Waals surface area contributed by atoms with Crippen LogP contribution in [-0.4, -0.2) is 92.3 Å². The Kier molecular flexibility index (Phi) is 7.96. The third kappa shape index (κ3) is 4.79. The lowest BCUT2D eigenvalue weighted by atomic mass is 9.85. The molecule has 0 aromatic heterocycles. The molecule has 9 atom stereocenters. The predicted octanol–water partition coefficient (Wildman–Crippen LogP) is 0.966. The van der Waals surface area contributed by atoms with Crippen molar-refractivity contribution in [2.75, 3.05) is 41.2 Å². The van der Waals surface area contributed by atoms with Crippen molar-refractivity contribution < 1.29 is 53.6 Å². The van der Waals surface area contributed by atoms with Gasteiger partial charge in [-0.25, -0.2) is 0 Å². The normalized spacial score (nSPS) is 34.6. The van der Waals surface area contributed by atoms with Crippen molar-refractivity contribution in [2.24, 2.45) is 11.8 Å². The van der Waals surface area contributed by atoms with E-state index in [-0.39, 0.29) is 29.8 Å². The summed E-state index contributed by atoms with van der Waals surface area (Å²) >= 11 is 0. The van der Waals surface area contributed by atoms with E-state index in [4.69, 9.17) is 33.2 Å². The molecule has 11 heteroatoms.